The Kier molecular flexibility index (Phi) is 4.47. The van der Waals surface area contributed by atoms with Crippen LogP contribution in [0.2, 0.25) is 0 Å². The Balaban J connectivity index is 2.00. The number of imidazole rings is 1. The average Bonchev–Trinajstić information content (AvgIpc) is 3.00. The third-order valence-electron chi connectivity index (χ3n) is 3.57. The molecule has 3 rings (SSSR count). The first-order valence-corrected chi connectivity index (χ1v) is 7.51. The number of nitrogens with one attached hydrogen (secondary N) is 1. The third-order valence-corrected chi connectivity index (χ3v) is 3.57. The van der Waals surface area contributed by atoms with Crippen LogP contribution in [0.15, 0.2) is 61.2 Å². The van der Waals surface area contributed by atoms with Gasteiger partial charge in [0.15, 0.2) is 0 Å². The molecule has 1 amide bonds. The van der Waals surface area contributed by atoms with Crippen LogP contribution in [-0.4, -0.2) is 27.0 Å². The largest absolute Gasteiger partial charge is 0.355 e. The van der Waals surface area contributed by atoms with Crippen molar-refractivity contribution in [2.24, 2.45) is 0 Å². The molecule has 2 aromatic heterocycles. The Hall–Kier alpha value is -2.95. The van der Waals surface area contributed by atoms with E-state index >= 15 is 0 Å². The summed E-state index contributed by atoms with van der Waals surface area (Å²) in [4.78, 5) is 19.7. The standard InChI is InChI=1S/C18H18N4O/c1-14(23)20-11-12-22-13-21-17(15-5-3-2-4-6-15)18(22)16-7-9-19-10-8-16/h2-10,13H,11-12H2,1H3,(H,20,23). The number of pyridine rings is 1. The van der Waals surface area contributed by atoms with Crippen LogP contribution in [0, 0.1) is 0 Å². The average molecular weight is 306 g/mol. The summed E-state index contributed by atoms with van der Waals surface area (Å²) in [7, 11) is 0. The highest BCUT2D eigenvalue weighted by atomic mass is 16.1. The Bertz CT molecular complexity index is 781. The number of carbonyl (C=O) groups excluding carboxylic acids is 1. The van der Waals surface area contributed by atoms with Crippen LogP contribution in [0.1, 0.15) is 6.92 Å². The number of benzene rings is 1. The molecule has 0 unspecified atom stereocenters. The van der Waals surface area contributed by atoms with Gasteiger partial charge in [0.25, 0.3) is 0 Å². The van der Waals surface area contributed by atoms with Crippen LogP contribution in [0.25, 0.3) is 22.5 Å². The first-order chi connectivity index (χ1) is 11.3. The van der Waals surface area contributed by atoms with Crippen LogP contribution in [0.4, 0.5) is 0 Å². The molecule has 0 saturated heterocycles. The van der Waals surface area contributed by atoms with E-state index in [1.807, 2.05) is 48.8 Å². The van der Waals surface area contributed by atoms with Crippen molar-refractivity contribution in [3.8, 4) is 22.5 Å². The topological polar surface area (TPSA) is 59.8 Å². The van der Waals surface area contributed by atoms with Gasteiger partial charge < -0.3 is 9.88 Å². The lowest BCUT2D eigenvalue weighted by Gasteiger charge is -2.11. The van der Waals surface area contributed by atoms with E-state index in [1.165, 1.54) is 6.92 Å². The summed E-state index contributed by atoms with van der Waals surface area (Å²) in [5, 5.41) is 2.82. The van der Waals surface area contributed by atoms with E-state index < -0.39 is 0 Å². The van der Waals surface area contributed by atoms with Crippen molar-refractivity contribution < 1.29 is 4.79 Å². The molecule has 0 fully saturated rings. The lowest BCUT2D eigenvalue weighted by Crippen LogP contribution is -2.24. The summed E-state index contributed by atoms with van der Waals surface area (Å²) >= 11 is 0. The number of aromatic nitrogens is 3. The van der Waals surface area contributed by atoms with Crippen molar-refractivity contribution >= 4 is 5.91 Å². The number of carbonyl (C=O) groups is 1. The molecule has 0 aliphatic carbocycles. The van der Waals surface area contributed by atoms with E-state index in [4.69, 9.17) is 0 Å². The molecule has 5 heteroatoms. The van der Waals surface area contributed by atoms with Gasteiger partial charge in [-0.3, -0.25) is 9.78 Å². The second-order valence-corrected chi connectivity index (χ2v) is 5.22. The Morgan fingerprint density at radius 3 is 2.52 bits per heavy atom. The lowest BCUT2D eigenvalue weighted by molar-refractivity contribution is -0.118. The van der Waals surface area contributed by atoms with Crippen molar-refractivity contribution in [2.45, 2.75) is 13.5 Å². The van der Waals surface area contributed by atoms with E-state index in [0.29, 0.717) is 13.1 Å². The second kappa shape index (κ2) is 6.87. The van der Waals surface area contributed by atoms with E-state index in [2.05, 4.69) is 19.9 Å². The normalized spacial score (nSPS) is 10.5. The lowest BCUT2D eigenvalue weighted by atomic mass is 10.1. The maximum atomic E-state index is 11.1. The fourth-order valence-corrected chi connectivity index (χ4v) is 2.52. The van der Waals surface area contributed by atoms with Crippen molar-refractivity contribution in [3.63, 3.8) is 0 Å². The number of hydrogen-bond donors (Lipinski definition) is 1. The SMILES string of the molecule is CC(=O)NCCn1cnc(-c2ccccc2)c1-c1ccncc1. The molecular formula is C18H18N4O. The van der Waals surface area contributed by atoms with Crippen molar-refractivity contribution in [1.82, 2.24) is 19.9 Å². The quantitative estimate of drug-likeness (QED) is 0.788. The van der Waals surface area contributed by atoms with Gasteiger partial charge in [0.2, 0.25) is 5.91 Å². The van der Waals surface area contributed by atoms with Gasteiger partial charge in [0.05, 0.1) is 17.7 Å². The van der Waals surface area contributed by atoms with Crippen LogP contribution in [0.3, 0.4) is 0 Å². The molecule has 116 valence electrons. The van der Waals surface area contributed by atoms with Crippen molar-refractivity contribution in [2.75, 3.05) is 6.54 Å². The van der Waals surface area contributed by atoms with Crippen molar-refractivity contribution in [1.29, 1.82) is 0 Å². The van der Waals surface area contributed by atoms with Crippen LogP contribution < -0.4 is 5.32 Å². The monoisotopic (exact) mass is 306 g/mol. The minimum Gasteiger partial charge on any atom is -0.355 e. The highest BCUT2D eigenvalue weighted by Crippen LogP contribution is 2.30. The van der Waals surface area contributed by atoms with E-state index in [-0.39, 0.29) is 5.91 Å². The maximum absolute atomic E-state index is 11.1. The molecule has 1 aromatic carbocycles. The number of nitrogens with zero attached hydrogens (tertiary/aromatic N) is 3. The molecule has 5 nitrogen and oxygen atoms in total. The van der Waals surface area contributed by atoms with Crippen molar-refractivity contribution in [3.05, 3.63) is 61.2 Å². The zero-order valence-corrected chi connectivity index (χ0v) is 12.9. The van der Waals surface area contributed by atoms with Gasteiger partial charge in [-0.25, -0.2) is 4.98 Å². The smallest absolute Gasteiger partial charge is 0.216 e. The zero-order chi connectivity index (χ0) is 16.1. The molecule has 0 aliphatic rings. The number of amides is 1. The summed E-state index contributed by atoms with van der Waals surface area (Å²) in [6, 6.07) is 14.0. The van der Waals surface area contributed by atoms with Gasteiger partial charge >= 0.3 is 0 Å². The molecular weight excluding hydrogens is 288 g/mol. The molecule has 0 atom stereocenters. The van der Waals surface area contributed by atoms with Gasteiger partial charge in [-0.1, -0.05) is 30.3 Å². The minimum absolute atomic E-state index is 0.0288. The molecule has 23 heavy (non-hydrogen) atoms. The molecule has 0 bridgehead atoms. The summed E-state index contributed by atoms with van der Waals surface area (Å²) in [6.07, 6.45) is 5.37. The molecule has 0 aliphatic heterocycles. The third kappa shape index (κ3) is 3.45. The molecule has 0 saturated carbocycles. The van der Waals surface area contributed by atoms with E-state index in [1.54, 1.807) is 12.4 Å². The van der Waals surface area contributed by atoms with E-state index in [0.717, 1.165) is 22.5 Å². The predicted octanol–water partition coefficient (Wildman–Crippen LogP) is 2.75. The van der Waals surface area contributed by atoms with E-state index in [9.17, 15) is 4.79 Å². The molecule has 0 radical (unpaired) electrons. The van der Waals surface area contributed by atoms with Gasteiger partial charge in [-0.05, 0) is 12.1 Å². The van der Waals surface area contributed by atoms with Gasteiger partial charge in [0.1, 0.15) is 0 Å². The first-order valence-electron chi connectivity index (χ1n) is 7.51. The van der Waals surface area contributed by atoms with Crippen LogP contribution >= 0.6 is 0 Å². The Morgan fingerprint density at radius 2 is 1.83 bits per heavy atom. The van der Waals surface area contributed by atoms with Crippen LogP contribution in [-0.2, 0) is 11.3 Å². The summed E-state index contributed by atoms with van der Waals surface area (Å²) in [5.41, 5.74) is 4.08. The molecule has 0 spiro atoms. The fourth-order valence-electron chi connectivity index (χ4n) is 2.52. The molecule has 1 N–H and O–H groups in total. The number of rotatable bonds is 5. The van der Waals surface area contributed by atoms with Gasteiger partial charge in [0, 0.05) is 43.5 Å². The first kappa shape index (κ1) is 15.0. The predicted molar refractivity (Wildman–Crippen MR) is 89.6 cm³/mol. The maximum Gasteiger partial charge on any atom is 0.216 e. The highest BCUT2D eigenvalue weighted by molar-refractivity contribution is 5.78. The summed E-state index contributed by atoms with van der Waals surface area (Å²) < 4.78 is 2.06. The van der Waals surface area contributed by atoms with Crippen LogP contribution in [0.5, 0.6) is 0 Å². The highest BCUT2D eigenvalue weighted by Gasteiger charge is 2.14. The van der Waals surface area contributed by atoms with Gasteiger partial charge in [-0.15, -0.1) is 0 Å². The number of hydrogen-bond acceptors (Lipinski definition) is 3. The molecule has 3 aromatic rings. The minimum atomic E-state index is -0.0288. The summed E-state index contributed by atoms with van der Waals surface area (Å²) in [5.74, 6) is -0.0288. The molecule has 2 heterocycles. The summed E-state index contributed by atoms with van der Waals surface area (Å²) in [6.45, 7) is 2.75. The Labute approximate surface area is 135 Å². The Morgan fingerprint density at radius 1 is 1.09 bits per heavy atom. The fraction of sp³-hybridized carbons (Fsp3) is 0.167. The second-order valence-electron chi connectivity index (χ2n) is 5.22. The van der Waals surface area contributed by atoms with Gasteiger partial charge in [-0.2, -0.15) is 0 Å². The zero-order valence-electron chi connectivity index (χ0n) is 12.9.